The highest BCUT2D eigenvalue weighted by Gasteiger charge is 2.26. The number of likely N-dealkylation sites (tertiary alicyclic amines) is 1. The number of carbonyl (C=O) groups excluding carboxylic acids is 1. The first kappa shape index (κ1) is 16.9. The Morgan fingerprint density at radius 3 is 3.05 bits per heavy atom. The van der Waals surface area contributed by atoms with E-state index in [1.807, 2.05) is 12.1 Å². The molecule has 1 fully saturated rings. The number of hydrogen-bond acceptors (Lipinski definition) is 4. The van der Waals surface area contributed by atoms with Gasteiger partial charge in [-0.15, -0.1) is 11.8 Å². The molecule has 1 aliphatic heterocycles. The fraction of sp³-hybridized carbons (Fsp3) is 0.533. The maximum atomic E-state index is 11.6. The average Bonchev–Trinajstić information content (AvgIpc) is 2.50. The number of halogens is 2. The highest BCUT2D eigenvalue weighted by Crippen LogP contribution is 2.30. The molecule has 116 valence electrons. The molecule has 6 heteroatoms. The maximum Gasteiger partial charge on any atom is 0.309 e. The molecule has 0 N–H and O–H groups in total. The lowest BCUT2D eigenvalue weighted by atomic mass is 9.98. The van der Waals surface area contributed by atoms with E-state index in [1.165, 1.54) is 7.11 Å². The summed E-state index contributed by atoms with van der Waals surface area (Å²) in [5, 5.41) is 1.43. The zero-order valence-electron chi connectivity index (χ0n) is 12.0. The van der Waals surface area contributed by atoms with Crippen molar-refractivity contribution < 1.29 is 9.53 Å². The number of thioether (sulfide) groups is 1. The Labute approximate surface area is 139 Å². The van der Waals surface area contributed by atoms with Crippen molar-refractivity contribution in [2.75, 3.05) is 32.5 Å². The van der Waals surface area contributed by atoms with Crippen LogP contribution in [0.1, 0.15) is 12.8 Å². The first-order chi connectivity index (χ1) is 10.1. The van der Waals surface area contributed by atoms with E-state index < -0.39 is 0 Å². The quantitative estimate of drug-likeness (QED) is 0.595. The van der Waals surface area contributed by atoms with Crippen molar-refractivity contribution in [3.05, 3.63) is 28.2 Å². The van der Waals surface area contributed by atoms with Crippen LogP contribution in [0.15, 0.2) is 23.1 Å². The first-order valence-corrected chi connectivity index (χ1v) is 8.72. The van der Waals surface area contributed by atoms with E-state index >= 15 is 0 Å². The Balaban J connectivity index is 1.80. The number of piperidine rings is 1. The number of hydrogen-bond donors (Lipinski definition) is 0. The van der Waals surface area contributed by atoms with Crippen LogP contribution in [0.3, 0.4) is 0 Å². The summed E-state index contributed by atoms with van der Waals surface area (Å²) in [6, 6.07) is 5.50. The zero-order chi connectivity index (χ0) is 15.2. The zero-order valence-corrected chi connectivity index (χ0v) is 14.3. The Morgan fingerprint density at radius 2 is 2.29 bits per heavy atom. The summed E-state index contributed by atoms with van der Waals surface area (Å²) in [4.78, 5) is 14.9. The molecule has 2 rings (SSSR count). The van der Waals surface area contributed by atoms with Gasteiger partial charge < -0.3 is 9.64 Å². The highest BCUT2D eigenvalue weighted by atomic mass is 35.5. The second-order valence-corrected chi connectivity index (χ2v) is 7.07. The van der Waals surface area contributed by atoms with Crippen molar-refractivity contribution in [1.82, 2.24) is 4.90 Å². The molecule has 1 atom stereocenters. The van der Waals surface area contributed by atoms with Gasteiger partial charge in [0, 0.05) is 28.8 Å². The topological polar surface area (TPSA) is 29.5 Å². The van der Waals surface area contributed by atoms with Gasteiger partial charge in [0.1, 0.15) is 0 Å². The summed E-state index contributed by atoms with van der Waals surface area (Å²) in [5.74, 6) is 0.849. The van der Waals surface area contributed by atoms with Crippen molar-refractivity contribution in [3.8, 4) is 0 Å². The predicted molar refractivity (Wildman–Crippen MR) is 88.4 cm³/mol. The van der Waals surface area contributed by atoms with Crippen LogP contribution in [0.5, 0.6) is 0 Å². The molecule has 0 aromatic heterocycles. The number of nitrogens with zero attached hydrogens (tertiary/aromatic N) is 1. The first-order valence-electron chi connectivity index (χ1n) is 6.98. The molecule has 0 saturated carbocycles. The molecule has 0 spiro atoms. The number of carbonyl (C=O) groups is 1. The average molecular weight is 348 g/mol. The molecule has 1 aliphatic rings. The Bertz CT molecular complexity index is 499. The minimum atomic E-state index is -0.0924. The Kier molecular flexibility index (Phi) is 6.68. The molecule has 1 unspecified atom stereocenters. The van der Waals surface area contributed by atoms with Crippen molar-refractivity contribution in [2.45, 2.75) is 17.7 Å². The SMILES string of the molecule is COC(=O)C1CCCN(CCSc2cc(Cl)ccc2Cl)C1. The molecule has 1 aromatic carbocycles. The van der Waals surface area contributed by atoms with Crippen LogP contribution >= 0.6 is 35.0 Å². The second-order valence-electron chi connectivity index (χ2n) is 5.09. The minimum absolute atomic E-state index is 0.0171. The van der Waals surface area contributed by atoms with Gasteiger partial charge in [0.05, 0.1) is 18.1 Å². The molecule has 1 saturated heterocycles. The minimum Gasteiger partial charge on any atom is -0.469 e. The van der Waals surface area contributed by atoms with Crippen LogP contribution in [-0.4, -0.2) is 43.4 Å². The van der Waals surface area contributed by atoms with E-state index in [2.05, 4.69) is 4.90 Å². The summed E-state index contributed by atoms with van der Waals surface area (Å²) in [5.41, 5.74) is 0. The lowest BCUT2D eigenvalue weighted by molar-refractivity contribution is -0.147. The van der Waals surface area contributed by atoms with Gasteiger partial charge in [0.25, 0.3) is 0 Å². The predicted octanol–water partition coefficient (Wildman–Crippen LogP) is 3.97. The molecular formula is C15H19Cl2NO2S. The maximum absolute atomic E-state index is 11.6. The molecule has 0 aliphatic carbocycles. The lowest BCUT2D eigenvalue weighted by Crippen LogP contribution is -2.40. The summed E-state index contributed by atoms with van der Waals surface area (Å²) in [6.45, 7) is 2.76. The molecule has 21 heavy (non-hydrogen) atoms. The fourth-order valence-corrected chi connectivity index (χ4v) is 3.99. The molecule has 0 amide bonds. The third-order valence-corrected chi connectivity index (χ3v) is 5.31. The smallest absolute Gasteiger partial charge is 0.309 e. The van der Waals surface area contributed by atoms with Gasteiger partial charge in [0.2, 0.25) is 0 Å². The van der Waals surface area contributed by atoms with Gasteiger partial charge in [-0.3, -0.25) is 4.79 Å². The van der Waals surface area contributed by atoms with Crippen LogP contribution in [-0.2, 0) is 9.53 Å². The summed E-state index contributed by atoms with van der Waals surface area (Å²) in [6.07, 6.45) is 1.97. The van der Waals surface area contributed by atoms with Crippen molar-refractivity contribution in [2.24, 2.45) is 5.92 Å². The number of ether oxygens (including phenoxy) is 1. The summed E-state index contributed by atoms with van der Waals surface area (Å²) >= 11 is 13.8. The van der Waals surface area contributed by atoms with Crippen molar-refractivity contribution in [1.29, 1.82) is 0 Å². The molecule has 0 radical (unpaired) electrons. The second kappa shape index (κ2) is 8.28. The molecule has 1 aromatic rings. The molecular weight excluding hydrogens is 329 g/mol. The normalized spacial score (nSPS) is 19.5. The summed E-state index contributed by atoms with van der Waals surface area (Å²) in [7, 11) is 1.46. The van der Waals surface area contributed by atoms with Crippen molar-refractivity contribution in [3.63, 3.8) is 0 Å². The van der Waals surface area contributed by atoms with E-state index in [1.54, 1.807) is 17.8 Å². The van der Waals surface area contributed by atoms with Gasteiger partial charge >= 0.3 is 5.97 Å². The van der Waals surface area contributed by atoms with Crippen LogP contribution in [0, 0.1) is 5.92 Å². The molecule has 1 heterocycles. The third kappa shape index (κ3) is 5.06. The largest absolute Gasteiger partial charge is 0.469 e. The van der Waals surface area contributed by atoms with E-state index in [-0.39, 0.29) is 11.9 Å². The molecule has 0 bridgehead atoms. The van der Waals surface area contributed by atoms with Gasteiger partial charge in [-0.25, -0.2) is 0 Å². The van der Waals surface area contributed by atoms with Gasteiger partial charge in [-0.05, 0) is 37.6 Å². The Hall–Kier alpha value is -0.420. The lowest BCUT2D eigenvalue weighted by Gasteiger charge is -2.31. The van der Waals surface area contributed by atoms with Gasteiger partial charge in [-0.1, -0.05) is 23.2 Å². The fourth-order valence-electron chi connectivity index (χ4n) is 2.49. The number of benzene rings is 1. The van der Waals surface area contributed by atoms with Crippen LogP contribution < -0.4 is 0 Å². The number of rotatable bonds is 5. The van der Waals surface area contributed by atoms with Gasteiger partial charge in [0.15, 0.2) is 0 Å². The highest BCUT2D eigenvalue weighted by molar-refractivity contribution is 7.99. The third-order valence-electron chi connectivity index (χ3n) is 3.60. The monoisotopic (exact) mass is 347 g/mol. The van der Waals surface area contributed by atoms with Crippen LogP contribution in [0.25, 0.3) is 0 Å². The summed E-state index contributed by atoms with van der Waals surface area (Å²) < 4.78 is 4.84. The molecule has 3 nitrogen and oxygen atoms in total. The van der Waals surface area contributed by atoms with E-state index in [0.29, 0.717) is 5.02 Å². The van der Waals surface area contributed by atoms with Crippen molar-refractivity contribution >= 4 is 40.9 Å². The van der Waals surface area contributed by atoms with E-state index in [9.17, 15) is 4.79 Å². The standard InChI is InChI=1S/C15H19Cl2NO2S/c1-20-15(19)11-3-2-6-18(10-11)7-8-21-14-9-12(16)4-5-13(14)17/h4-5,9,11H,2-3,6-8,10H2,1H3. The number of methoxy groups -OCH3 is 1. The van der Waals surface area contributed by atoms with Crippen LogP contribution in [0.2, 0.25) is 10.0 Å². The Morgan fingerprint density at radius 1 is 1.48 bits per heavy atom. The van der Waals surface area contributed by atoms with Crippen LogP contribution in [0.4, 0.5) is 0 Å². The van der Waals surface area contributed by atoms with Gasteiger partial charge in [-0.2, -0.15) is 0 Å². The van der Waals surface area contributed by atoms with E-state index in [0.717, 1.165) is 48.1 Å². The number of esters is 1. The van der Waals surface area contributed by atoms with E-state index in [4.69, 9.17) is 27.9 Å².